The Bertz CT molecular complexity index is 570. The minimum atomic E-state index is 0.704. The van der Waals surface area contributed by atoms with Crippen LogP contribution in [-0.2, 0) is 13.1 Å². The maximum absolute atomic E-state index is 5.25. The molecule has 0 aliphatic heterocycles. The Balaban J connectivity index is 1.93. The number of aromatic nitrogens is 1. The van der Waals surface area contributed by atoms with Crippen molar-refractivity contribution in [1.29, 1.82) is 0 Å². The smallest absolute Gasteiger partial charge is 0.122 e. The van der Waals surface area contributed by atoms with Gasteiger partial charge >= 0.3 is 0 Å². The van der Waals surface area contributed by atoms with E-state index in [4.69, 9.17) is 9.47 Å². The molecule has 0 spiro atoms. The van der Waals surface area contributed by atoms with Crippen molar-refractivity contribution in [3.63, 3.8) is 0 Å². The third kappa shape index (κ3) is 3.96. The van der Waals surface area contributed by atoms with Crippen molar-refractivity contribution in [2.24, 2.45) is 0 Å². The summed E-state index contributed by atoms with van der Waals surface area (Å²) in [6.45, 7) is 3.44. The molecule has 2 rings (SSSR count). The van der Waals surface area contributed by atoms with Crippen LogP contribution < -0.4 is 14.8 Å². The minimum absolute atomic E-state index is 0.704. The number of nitrogens with one attached hydrogen (secondary N) is 1. The summed E-state index contributed by atoms with van der Waals surface area (Å²) in [6.07, 6.45) is 0. The molecule has 0 amide bonds. The van der Waals surface area contributed by atoms with Gasteiger partial charge in [-0.3, -0.25) is 4.98 Å². The van der Waals surface area contributed by atoms with Gasteiger partial charge in [-0.2, -0.15) is 0 Å². The van der Waals surface area contributed by atoms with Crippen LogP contribution in [0, 0.1) is 6.92 Å². The van der Waals surface area contributed by atoms with E-state index >= 15 is 0 Å². The van der Waals surface area contributed by atoms with E-state index in [0.29, 0.717) is 6.54 Å². The average molecular weight is 272 g/mol. The molecule has 0 aliphatic rings. The lowest BCUT2D eigenvalue weighted by Gasteiger charge is -2.08. The lowest BCUT2D eigenvalue weighted by molar-refractivity contribution is 0.412. The zero-order valence-electron chi connectivity index (χ0n) is 12.1. The summed E-state index contributed by atoms with van der Waals surface area (Å²) in [5.74, 6) is 1.72. The van der Waals surface area contributed by atoms with Crippen molar-refractivity contribution in [2.45, 2.75) is 20.0 Å². The Labute approximate surface area is 119 Å². The van der Waals surface area contributed by atoms with Crippen LogP contribution in [0.3, 0.4) is 0 Å². The Morgan fingerprint density at radius 3 is 2.55 bits per heavy atom. The highest BCUT2D eigenvalue weighted by Gasteiger charge is 2.01. The molecule has 1 heterocycles. The fourth-order valence-corrected chi connectivity index (χ4v) is 2.03. The van der Waals surface area contributed by atoms with E-state index in [9.17, 15) is 0 Å². The number of ether oxygens (including phenoxy) is 2. The largest absolute Gasteiger partial charge is 0.497 e. The summed E-state index contributed by atoms with van der Waals surface area (Å²) < 4.78 is 10.5. The molecule has 106 valence electrons. The first-order valence-electron chi connectivity index (χ1n) is 6.56. The highest BCUT2D eigenvalue weighted by Crippen LogP contribution is 2.14. The average Bonchev–Trinajstić information content (AvgIpc) is 2.47. The van der Waals surface area contributed by atoms with E-state index in [1.165, 1.54) is 5.56 Å². The first-order valence-corrected chi connectivity index (χ1v) is 6.56. The lowest BCUT2D eigenvalue weighted by Crippen LogP contribution is -2.14. The van der Waals surface area contributed by atoms with E-state index < -0.39 is 0 Å². The quantitative estimate of drug-likeness (QED) is 0.878. The Kier molecular flexibility index (Phi) is 4.96. The van der Waals surface area contributed by atoms with Crippen LogP contribution in [0.4, 0.5) is 0 Å². The maximum Gasteiger partial charge on any atom is 0.122 e. The van der Waals surface area contributed by atoms with Crippen LogP contribution in [0.1, 0.15) is 17.0 Å². The van der Waals surface area contributed by atoms with Crippen LogP contribution in [0.5, 0.6) is 11.5 Å². The number of benzene rings is 1. The summed E-state index contributed by atoms with van der Waals surface area (Å²) >= 11 is 0. The van der Waals surface area contributed by atoms with Crippen molar-refractivity contribution < 1.29 is 9.47 Å². The van der Waals surface area contributed by atoms with Gasteiger partial charge in [-0.1, -0.05) is 12.1 Å². The van der Waals surface area contributed by atoms with E-state index in [2.05, 4.69) is 16.4 Å². The normalized spacial score (nSPS) is 10.3. The van der Waals surface area contributed by atoms with Crippen LogP contribution >= 0.6 is 0 Å². The first-order chi connectivity index (χ1) is 9.71. The molecule has 0 unspecified atom stereocenters. The highest BCUT2D eigenvalue weighted by molar-refractivity contribution is 5.29. The third-order valence-electron chi connectivity index (χ3n) is 2.99. The topological polar surface area (TPSA) is 43.4 Å². The summed E-state index contributed by atoms with van der Waals surface area (Å²) in [5, 5.41) is 3.37. The van der Waals surface area contributed by atoms with Gasteiger partial charge in [-0.25, -0.2) is 0 Å². The van der Waals surface area contributed by atoms with E-state index in [0.717, 1.165) is 29.4 Å². The molecule has 1 aromatic heterocycles. The van der Waals surface area contributed by atoms with Gasteiger partial charge in [0.05, 0.1) is 19.9 Å². The third-order valence-corrected chi connectivity index (χ3v) is 2.99. The van der Waals surface area contributed by atoms with E-state index in [1.54, 1.807) is 14.2 Å². The number of hydrogen-bond acceptors (Lipinski definition) is 4. The number of rotatable bonds is 6. The second-order valence-electron chi connectivity index (χ2n) is 4.59. The summed E-state index contributed by atoms with van der Waals surface area (Å²) in [7, 11) is 3.34. The van der Waals surface area contributed by atoms with E-state index in [-0.39, 0.29) is 0 Å². The van der Waals surface area contributed by atoms with Gasteiger partial charge in [0.25, 0.3) is 0 Å². The molecule has 0 fully saturated rings. The van der Waals surface area contributed by atoms with Crippen molar-refractivity contribution in [2.75, 3.05) is 14.2 Å². The standard InChI is InChI=1S/C16H20N2O2/c1-12-7-16(20-3)9-14(18-12)11-17-10-13-5-4-6-15(8-13)19-2/h4-9,17H,10-11H2,1-3H3. The molecule has 1 aromatic carbocycles. The summed E-state index contributed by atoms with van der Waals surface area (Å²) in [5.41, 5.74) is 3.12. The zero-order chi connectivity index (χ0) is 14.4. The van der Waals surface area contributed by atoms with Gasteiger partial charge in [0.1, 0.15) is 11.5 Å². The second kappa shape index (κ2) is 6.91. The summed E-state index contributed by atoms with van der Waals surface area (Å²) in [6, 6.07) is 11.9. The predicted octanol–water partition coefficient (Wildman–Crippen LogP) is 2.70. The molecule has 4 nitrogen and oxygen atoms in total. The SMILES string of the molecule is COc1cccc(CNCc2cc(OC)cc(C)n2)c1. The van der Waals surface area contributed by atoms with Crippen molar-refractivity contribution in [3.8, 4) is 11.5 Å². The van der Waals surface area contributed by atoms with Crippen molar-refractivity contribution >= 4 is 0 Å². The maximum atomic E-state index is 5.25. The van der Waals surface area contributed by atoms with Gasteiger partial charge in [0.2, 0.25) is 0 Å². The first kappa shape index (κ1) is 14.3. The Morgan fingerprint density at radius 1 is 1.00 bits per heavy atom. The molecule has 0 radical (unpaired) electrons. The zero-order valence-corrected chi connectivity index (χ0v) is 12.1. The predicted molar refractivity (Wildman–Crippen MR) is 79.1 cm³/mol. The number of hydrogen-bond donors (Lipinski definition) is 1. The van der Waals surface area contributed by atoms with Crippen LogP contribution in [0.2, 0.25) is 0 Å². The van der Waals surface area contributed by atoms with Crippen LogP contribution in [0.25, 0.3) is 0 Å². The summed E-state index contributed by atoms with van der Waals surface area (Å²) in [4.78, 5) is 4.48. The Morgan fingerprint density at radius 2 is 1.80 bits per heavy atom. The van der Waals surface area contributed by atoms with Crippen molar-refractivity contribution in [3.05, 3.63) is 53.3 Å². The molecule has 20 heavy (non-hydrogen) atoms. The number of methoxy groups -OCH3 is 2. The van der Waals surface area contributed by atoms with Gasteiger partial charge in [0, 0.05) is 30.9 Å². The Hall–Kier alpha value is -2.07. The highest BCUT2D eigenvalue weighted by atomic mass is 16.5. The second-order valence-corrected chi connectivity index (χ2v) is 4.59. The van der Waals surface area contributed by atoms with Gasteiger partial charge in [-0.15, -0.1) is 0 Å². The molecule has 0 saturated heterocycles. The van der Waals surface area contributed by atoms with Gasteiger partial charge in [-0.05, 0) is 24.6 Å². The van der Waals surface area contributed by atoms with Crippen LogP contribution in [-0.4, -0.2) is 19.2 Å². The lowest BCUT2D eigenvalue weighted by atomic mass is 10.2. The van der Waals surface area contributed by atoms with Crippen LogP contribution in [0.15, 0.2) is 36.4 Å². The molecule has 0 bridgehead atoms. The number of pyridine rings is 1. The molecule has 1 N–H and O–H groups in total. The molecular weight excluding hydrogens is 252 g/mol. The molecule has 0 aliphatic carbocycles. The molecular formula is C16H20N2O2. The van der Waals surface area contributed by atoms with Gasteiger partial charge < -0.3 is 14.8 Å². The molecule has 0 atom stereocenters. The monoisotopic (exact) mass is 272 g/mol. The molecule has 4 heteroatoms. The molecule has 2 aromatic rings. The number of nitrogens with zero attached hydrogens (tertiary/aromatic N) is 1. The fourth-order valence-electron chi connectivity index (χ4n) is 2.03. The minimum Gasteiger partial charge on any atom is -0.497 e. The van der Waals surface area contributed by atoms with Crippen molar-refractivity contribution in [1.82, 2.24) is 10.3 Å². The van der Waals surface area contributed by atoms with Gasteiger partial charge in [0.15, 0.2) is 0 Å². The molecule has 0 saturated carbocycles. The number of aryl methyl sites for hydroxylation is 1. The van der Waals surface area contributed by atoms with E-state index in [1.807, 2.05) is 37.3 Å². The fraction of sp³-hybridized carbons (Fsp3) is 0.312.